The minimum absolute atomic E-state index is 0.140. The van der Waals surface area contributed by atoms with Crippen molar-refractivity contribution in [3.05, 3.63) is 29.6 Å². The Morgan fingerprint density at radius 3 is 2.50 bits per heavy atom. The molecule has 0 aromatic carbocycles. The first-order valence-corrected chi connectivity index (χ1v) is 7.84. The fourth-order valence-corrected chi connectivity index (χ4v) is 2.52. The quantitative estimate of drug-likeness (QED) is 0.914. The molecule has 1 fully saturated rings. The van der Waals surface area contributed by atoms with Crippen LogP contribution in [0, 0.1) is 5.92 Å². The number of likely N-dealkylation sites (tertiary alicyclic amines) is 1. The number of nitrogens with zero attached hydrogens (tertiary/aromatic N) is 2. The molecule has 2 rings (SSSR count). The molecule has 2 heterocycles. The minimum atomic E-state index is 0.140. The molecular formula is C17H29N3. The van der Waals surface area contributed by atoms with Crippen LogP contribution >= 0.6 is 0 Å². The highest BCUT2D eigenvalue weighted by Crippen LogP contribution is 2.17. The molecule has 0 saturated carbocycles. The number of aromatic nitrogens is 1. The lowest BCUT2D eigenvalue weighted by atomic mass is 9.99. The first kappa shape index (κ1) is 15.5. The summed E-state index contributed by atoms with van der Waals surface area (Å²) in [6.45, 7) is 13.2. The summed E-state index contributed by atoms with van der Waals surface area (Å²) in [6, 6.07) is 6.40. The molecule has 1 aromatic heterocycles. The van der Waals surface area contributed by atoms with Crippen molar-refractivity contribution < 1.29 is 0 Å². The topological polar surface area (TPSA) is 28.2 Å². The molecule has 1 aromatic rings. The van der Waals surface area contributed by atoms with Gasteiger partial charge < -0.3 is 5.32 Å². The number of nitrogens with one attached hydrogen (secondary N) is 1. The van der Waals surface area contributed by atoms with E-state index >= 15 is 0 Å². The molecule has 3 nitrogen and oxygen atoms in total. The van der Waals surface area contributed by atoms with Crippen LogP contribution in [-0.2, 0) is 13.1 Å². The Labute approximate surface area is 123 Å². The number of hydrogen-bond donors (Lipinski definition) is 1. The standard InChI is InChI=1S/C17H29N3/c1-14-8-10-20(11-9-14)13-16-7-5-6-15(19-16)12-18-17(2,3)4/h5-7,14,18H,8-13H2,1-4H3. The minimum Gasteiger partial charge on any atom is -0.306 e. The van der Waals surface area contributed by atoms with E-state index in [0.29, 0.717) is 0 Å². The summed E-state index contributed by atoms with van der Waals surface area (Å²) in [6.07, 6.45) is 2.65. The van der Waals surface area contributed by atoms with Crippen LogP contribution in [0.4, 0.5) is 0 Å². The molecule has 0 unspecified atom stereocenters. The molecule has 1 N–H and O–H groups in total. The van der Waals surface area contributed by atoms with Crippen molar-refractivity contribution >= 4 is 0 Å². The first-order chi connectivity index (χ1) is 9.42. The van der Waals surface area contributed by atoms with E-state index in [2.05, 4.69) is 56.1 Å². The van der Waals surface area contributed by atoms with E-state index in [0.717, 1.165) is 24.7 Å². The van der Waals surface area contributed by atoms with Crippen molar-refractivity contribution in [2.24, 2.45) is 5.92 Å². The molecule has 0 radical (unpaired) electrons. The molecule has 0 aliphatic carbocycles. The molecule has 1 aliphatic heterocycles. The van der Waals surface area contributed by atoms with Crippen molar-refractivity contribution in [1.82, 2.24) is 15.2 Å². The Bertz CT molecular complexity index is 414. The predicted molar refractivity (Wildman–Crippen MR) is 84.5 cm³/mol. The van der Waals surface area contributed by atoms with Gasteiger partial charge in [0.05, 0.1) is 11.4 Å². The van der Waals surface area contributed by atoms with Crippen molar-refractivity contribution in [2.45, 2.75) is 59.2 Å². The highest BCUT2D eigenvalue weighted by Gasteiger charge is 2.16. The summed E-state index contributed by atoms with van der Waals surface area (Å²) < 4.78 is 0. The van der Waals surface area contributed by atoms with Gasteiger partial charge in [0.2, 0.25) is 0 Å². The van der Waals surface area contributed by atoms with Gasteiger partial charge in [-0.1, -0.05) is 13.0 Å². The van der Waals surface area contributed by atoms with Gasteiger partial charge in [0.1, 0.15) is 0 Å². The number of piperidine rings is 1. The van der Waals surface area contributed by atoms with Gasteiger partial charge >= 0.3 is 0 Å². The number of pyridine rings is 1. The number of hydrogen-bond acceptors (Lipinski definition) is 3. The summed E-state index contributed by atoms with van der Waals surface area (Å²) in [4.78, 5) is 7.32. The predicted octanol–water partition coefficient (Wildman–Crippen LogP) is 3.20. The first-order valence-electron chi connectivity index (χ1n) is 7.84. The summed E-state index contributed by atoms with van der Waals surface area (Å²) in [7, 11) is 0. The average Bonchev–Trinajstić information content (AvgIpc) is 2.39. The molecule has 20 heavy (non-hydrogen) atoms. The van der Waals surface area contributed by atoms with Gasteiger partial charge in [-0.05, 0) is 64.8 Å². The van der Waals surface area contributed by atoms with Crippen LogP contribution < -0.4 is 5.32 Å². The Kier molecular flexibility index (Phi) is 5.17. The zero-order valence-electron chi connectivity index (χ0n) is 13.4. The van der Waals surface area contributed by atoms with E-state index in [1.165, 1.54) is 31.6 Å². The third kappa shape index (κ3) is 5.22. The van der Waals surface area contributed by atoms with E-state index in [-0.39, 0.29) is 5.54 Å². The zero-order chi connectivity index (χ0) is 14.6. The molecule has 0 spiro atoms. The van der Waals surface area contributed by atoms with Crippen LogP contribution in [0.3, 0.4) is 0 Å². The number of rotatable bonds is 4. The van der Waals surface area contributed by atoms with Gasteiger partial charge in [0.25, 0.3) is 0 Å². The van der Waals surface area contributed by atoms with E-state index in [1.54, 1.807) is 0 Å². The van der Waals surface area contributed by atoms with Crippen LogP contribution in [0.1, 0.15) is 51.9 Å². The Morgan fingerprint density at radius 2 is 1.85 bits per heavy atom. The zero-order valence-corrected chi connectivity index (χ0v) is 13.4. The Balaban J connectivity index is 1.89. The molecule has 3 heteroatoms. The van der Waals surface area contributed by atoms with E-state index in [9.17, 15) is 0 Å². The Morgan fingerprint density at radius 1 is 1.20 bits per heavy atom. The normalized spacial score (nSPS) is 18.4. The SMILES string of the molecule is CC1CCN(Cc2cccc(CNC(C)(C)C)n2)CC1. The third-order valence-electron chi connectivity index (χ3n) is 3.93. The fourth-order valence-electron chi connectivity index (χ4n) is 2.52. The van der Waals surface area contributed by atoms with Crippen LogP contribution in [0.2, 0.25) is 0 Å². The lowest BCUT2D eigenvalue weighted by molar-refractivity contribution is 0.183. The maximum atomic E-state index is 4.78. The molecule has 0 atom stereocenters. The van der Waals surface area contributed by atoms with E-state index in [4.69, 9.17) is 4.98 Å². The highest BCUT2D eigenvalue weighted by atomic mass is 15.1. The molecule has 1 aliphatic rings. The summed E-state index contributed by atoms with van der Waals surface area (Å²) in [5.74, 6) is 0.890. The molecule has 112 valence electrons. The van der Waals surface area contributed by atoms with Crippen molar-refractivity contribution in [1.29, 1.82) is 0 Å². The maximum absolute atomic E-state index is 4.78. The van der Waals surface area contributed by atoms with Gasteiger partial charge in [0.15, 0.2) is 0 Å². The molecule has 0 amide bonds. The van der Waals surface area contributed by atoms with Gasteiger partial charge in [-0.25, -0.2) is 0 Å². The van der Waals surface area contributed by atoms with Crippen molar-refractivity contribution in [3.63, 3.8) is 0 Å². The van der Waals surface area contributed by atoms with E-state index in [1.807, 2.05) is 0 Å². The van der Waals surface area contributed by atoms with Crippen LogP contribution in [0.15, 0.2) is 18.2 Å². The van der Waals surface area contributed by atoms with Gasteiger partial charge in [-0.15, -0.1) is 0 Å². The monoisotopic (exact) mass is 275 g/mol. The molecular weight excluding hydrogens is 246 g/mol. The second-order valence-corrected chi connectivity index (χ2v) is 7.18. The van der Waals surface area contributed by atoms with E-state index < -0.39 is 0 Å². The third-order valence-corrected chi connectivity index (χ3v) is 3.93. The van der Waals surface area contributed by atoms with Crippen LogP contribution in [0.5, 0.6) is 0 Å². The van der Waals surface area contributed by atoms with Crippen molar-refractivity contribution in [2.75, 3.05) is 13.1 Å². The summed E-state index contributed by atoms with van der Waals surface area (Å²) >= 11 is 0. The van der Waals surface area contributed by atoms with Gasteiger partial charge in [0, 0.05) is 18.6 Å². The summed E-state index contributed by atoms with van der Waals surface area (Å²) in [5.41, 5.74) is 2.48. The largest absolute Gasteiger partial charge is 0.306 e. The second kappa shape index (κ2) is 6.68. The van der Waals surface area contributed by atoms with Crippen LogP contribution in [0.25, 0.3) is 0 Å². The van der Waals surface area contributed by atoms with Crippen molar-refractivity contribution in [3.8, 4) is 0 Å². The highest BCUT2D eigenvalue weighted by molar-refractivity contribution is 5.11. The fraction of sp³-hybridized carbons (Fsp3) is 0.706. The lowest BCUT2D eigenvalue weighted by Crippen LogP contribution is -2.35. The summed E-state index contributed by atoms with van der Waals surface area (Å²) in [5, 5.41) is 3.50. The van der Waals surface area contributed by atoms with Gasteiger partial charge in [-0.2, -0.15) is 0 Å². The molecule has 1 saturated heterocycles. The maximum Gasteiger partial charge on any atom is 0.0547 e. The van der Waals surface area contributed by atoms with Gasteiger partial charge in [-0.3, -0.25) is 9.88 Å². The Hall–Kier alpha value is -0.930. The smallest absolute Gasteiger partial charge is 0.0547 e. The lowest BCUT2D eigenvalue weighted by Gasteiger charge is -2.29. The second-order valence-electron chi connectivity index (χ2n) is 7.18. The van der Waals surface area contributed by atoms with Crippen LogP contribution in [-0.4, -0.2) is 28.5 Å². The molecule has 0 bridgehead atoms. The average molecular weight is 275 g/mol.